The van der Waals surface area contributed by atoms with Gasteiger partial charge in [-0.25, -0.2) is 9.98 Å². The molecule has 1 aliphatic heterocycles. The number of ether oxygens (including phenoxy) is 1. The number of rotatable bonds is 10. The molecule has 3 N–H and O–H groups in total. The molecule has 6 rings (SSSR count). The zero-order valence-electron chi connectivity index (χ0n) is 24.2. The van der Waals surface area contributed by atoms with Gasteiger partial charge in [-0.3, -0.25) is 4.79 Å². The Kier molecular flexibility index (Phi) is 8.91. The number of nitrogens with one attached hydrogen (secondary N) is 1. The summed E-state index contributed by atoms with van der Waals surface area (Å²) < 4.78 is 6.01. The monoisotopic (exact) mass is 571 g/mol. The number of hydrogen-bond acceptors (Lipinski definition) is 9. The summed E-state index contributed by atoms with van der Waals surface area (Å²) in [5, 5.41) is 14.5. The fourth-order valence-electron chi connectivity index (χ4n) is 6.90. The van der Waals surface area contributed by atoms with Crippen LogP contribution in [0.4, 0.5) is 5.69 Å². The van der Waals surface area contributed by atoms with Crippen LogP contribution >= 0.6 is 0 Å². The highest BCUT2D eigenvalue weighted by molar-refractivity contribution is 5.84. The predicted molar refractivity (Wildman–Crippen MR) is 159 cm³/mol. The lowest BCUT2D eigenvalue weighted by Gasteiger charge is -2.41. The van der Waals surface area contributed by atoms with Crippen molar-refractivity contribution in [2.24, 2.45) is 16.6 Å². The van der Waals surface area contributed by atoms with Gasteiger partial charge >= 0.3 is 0 Å². The van der Waals surface area contributed by atoms with E-state index in [2.05, 4.69) is 30.5 Å². The Labute approximate surface area is 246 Å². The zero-order chi connectivity index (χ0) is 28.7. The second-order valence-corrected chi connectivity index (χ2v) is 11.8. The summed E-state index contributed by atoms with van der Waals surface area (Å²) in [5.41, 5.74) is 8.43. The molecule has 2 aliphatic carbocycles. The number of nitrogens with two attached hydrogens (primary N) is 1. The van der Waals surface area contributed by atoms with E-state index in [1.807, 2.05) is 41.3 Å². The van der Waals surface area contributed by atoms with E-state index in [4.69, 9.17) is 15.5 Å². The molecule has 11 nitrogen and oxygen atoms in total. The van der Waals surface area contributed by atoms with Crippen LogP contribution < -0.4 is 10.5 Å². The second-order valence-electron chi connectivity index (χ2n) is 11.8. The largest absolute Gasteiger partial charge is 0.439 e. The van der Waals surface area contributed by atoms with Gasteiger partial charge in [0.05, 0.1) is 18.4 Å². The average molecular weight is 572 g/mol. The number of nitrogens with zero attached hydrogens (tertiary/aromatic N) is 7. The number of tetrazole rings is 1. The predicted octanol–water partition coefficient (Wildman–Crippen LogP) is 5.24. The number of guanidine groups is 1. The zero-order valence-corrected chi connectivity index (χ0v) is 24.2. The average Bonchev–Trinajstić information content (AvgIpc) is 3.55. The Balaban J connectivity index is 1.20. The highest BCUT2D eigenvalue weighted by atomic mass is 16.5. The Morgan fingerprint density at radius 1 is 1.07 bits per heavy atom. The molecular formula is C31H41N9O2. The van der Waals surface area contributed by atoms with Crippen LogP contribution in [-0.4, -0.2) is 59.4 Å². The van der Waals surface area contributed by atoms with Crippen LogP contribution in [0.2, 0.25) is 0 Å². The van der Waals surface area contributed by atoms with Gasteiger partial charge < -0.3 is 20.3 Å². The molecule has 1 atom stereocenters. The van der Waals surface area contributed by atoms with Gasteiger partial charge in [0, 0.05) is 36.7 Å². The fourth-order valence-corrected chi connectivity index (χ4v) is 6.90. The molecule has 2 saturated carbocycles. The summed E-state index contributed by atoms with van der Waals surface area (Å²) in [5.74, 6) is 2.95. The minimum Gasteiger partial charge on any atom is -0.439 e. The fraction of sp³-hybridized carbons (Fsp3) is 0.548. The molecule has 0 unspecified atom stereocenters. The molecule has 1 aromatic carbocycles. The van der Waals surface area contributed by atoms with E-state index >= 15 is 0 Å². The summed E-state index contributed by atoms with van der Waals surface area (Å²) in [4.78, 5) is 27.3. The molecular weight excluding hydrogens is 530 g/mol. The van der Waals surface area contributed by atoms with Crippen LogP contribution in [0.25, 0.3) is 0 Å². The highest BCUT2D eigenvalue weighted by Gasteiger charge is 2.34. The summed E-state index contributed by atoms with van der Waals surface area (Å²) in [6, 6.07) is 12.0. The van der Waals surface area contributed by atoms with Crippen LogP contribution in [0.3, 0.4) is 0 Å². The lowest BCUT2D eigenvalue weighted by atomic mass is 9.81. The van der Waals surface area contributed by atoms with E-state index in [1.165, 1.54) is 25.7 Å². The van der Waals surface area contributed by atoms with Gasteiger partial charge in [-0.1, -0.05) is 61.9 Å². The molecule has 0 spiro atoms. The van der Waals surface area contributed by atoms with Crippen molar-refractivity contribution in [1.82, 2.24) is 35.4 Å². The second kappa shape index (κ2) is 13.3. The summed E-state index contributed by atoms with van der Waals surface area (Å²) in [6.45, 7) is 1.01. The number of para-hydroxylation sites is 1. The number of pyridine rings is 1. The normalized spacial score (nSPS) is 18.7. The molecule has 0 bridgehead atoms. The Morgan fingerprint density at radius 3 is 2.57 bits per heavy atom. The van der Waals surface area contributed by atoms with Gasteiger partial charge in [-0.15, -0.1) is 10.2 Å². The SMILES string of the molecule is NC1=Nc2cnc(Oc3ccccc3)cc2CN1[C@@H](CCC(=O)N(Cc1nn[nH]n1)C1CCCCC1)C1CCCCC1. The molecule has 2 fully saturated rings. The van der Waals surface area contributed by atoms with Crippen molar-refractivity contribution in [3.8, 4) is 11.6 Å². The van der Waals surface area contributed by atoms with E-state index in [0.29, 0.717) is 43.1 Å². The Hall–Kier alpha value is -4.02. The van der Waals surface area contributed by atoms with Crippen LogP contribution in [0.5, 0.6) is 11.6 Å². The quantitative estimate of drug-likeness (QED) is 0.337. The van der Waals surface area contributed by atoms with Crippen LogP contribution in [0.1, 0.15) is 88.4 Å². The number of H-pyrrole nitrogens is 1. The van der Waals surface area contributed by atoms with Crippen LogP contribution in [0.15, 0.2) is 47.6 Å². The summed E-state index contributed by atoms with van der Waals surface area (Å²) >= 11 is 0. The molecule has 222 valence electrons. The van der Waals surface area contributed by atoms with Crippen molar-refractivity contribution in [1.29, 1.82) is 0 Å². The number of amides is 1. The number of fused-ring (bicyclic) bond motifs is 1. The number of carbonyl (C=O) groups is 1. The maximum Gasteiger partial charge on any atom is 0.223 e. The molecule has 11 heteroatoms. The lowest BCUT2D eigenvalue weighted by Crippen LogP contribution is -2.50. The van der Waals surface area contributed by atoms with Crippen LogP contribution in [0, 0.1) is 5.92 Å². The first-order valence-electron chi connectivity index (χ1n) is 15.5. The smallest absolute Gasteiger partial charge is 0.223 e. The molecule has 0 saturated heterocycles. The minimum absolute atomic E-state index is 0.121. The van der Waals surface area contributed by atoms with E-state index < -0.39 is 0 Å². The molecule has 3 heterocycles. The van der Waals surface area contributed by atoms with Crippen LogP contribution in [-0.2, 0) is 17.9 Å². The third-order valence-corrected chi connectivity index (χ3v) is 9.06. The van der Waals surface area contributed by atoms with Gasteiger partial charge in [0.1, 0.15) is 5.75 Å². The lowest BCUT2D eigenvalue weighted by molar-refractivity contribution is -0.135. The van der Waals surface area contributed by atoms with Gasteiger partial charge in [-0.05, 0) is 50.2 Å². The topological polar surface area (TPSA) is 139 Å². The third-order valence-electron chi connectivity index (χ3n) is 9.06. The first-order valence-corrected chi connectivity index (χ1v) is 15.5. The molecule has 42 heavy (non-hydrogen) atoms. The van der Waals surface area contributed by atoms with E-state index in [-0.39, 0.29) is 18.0 Å². The molecule has 3 aliphatic rings. The number of aromatic nitrogens is 5. The molecule has 1 amide bonds. The first-order chi connectivity index (χ1) is 20.6. The molecule has 3 aromatic rings. The highest BCUT2D eigenvalue weighted by Crippen LogP contribution is 2.36. The Bertz CT molecular complexity index is 1340. The third kappa shape index (κ3) is 6.71. The summed E-state index contributed by atoms with van der Waals surface area (Å²) in [7, 11) is 0. The molecule has 2 aromatic heterocycles. The van der Waals surface area contributed by atoms with Gasteiger partial charge in [-0.2, -0.15) is 5.21 Å². The van der Waals surface area contributed by atoms with Crippen molar-refractivity contribution >= 4 is 17.6 Å². The van der Waals surface area contributed by atoms with Crippen molar-refractivity contribution in [2.75, 3.05) is 0 Å². The van der Waals surface area contributed by atoms with Crippen molar-refractivity contribution in [2.45, 2.75) is 102 Å². The van der Waals surface area contributed by atoms with E-state index in [9.17, 15) is 4.79 Å². The maximum atomic E-state index is 13.9. The minimum atomic E-state index is 0.121. The summed E-state index contributed by atoms with van der Waals surface area (Å²) in [6.07, 6.45) is 14.5. The number of benzene rings is 1. The maximum absolute atomic E-state index is 13.9. The number of hydrogen-bond donors (Lipinski definition) is 2. The van der Waals surface area contributed by atoms with Crippen molar-refractivity contribution in [3.05, 3.63) is 54.0 Å². The number of aliphatic imine (C=N–C) groups is 1. The first kappa shape index (κ1) is 28.1. The molecule has 0 radical (unpaired) electrons. The van der Waals surface area contributed by atoms with Gasteiger partial charge in [0.25, 0.3) is 0 Å². The van der Waals surface area contributed by atoms with Crippen molar-refractivity contribution < 1.29 is 9.53 Å². The standard InChI is InChI=1S/C31H41N9O2/c32-31-34-26-19-33-29(42-25-14-8-3-9-15-25)18-23(26)20-40(31)27(22-10-4-1-5-11-22)16-17-30(41)39(21-28-35-37-38-36-28)24-12-6-2-7-13-24/h3,8-9,14-15,18-19,22,24,27H,1-2,4-7,10-13,16-17,20-21H2,(H2,32,34)(H,35,36,37,38)/t27-/m0/s1. The van der Waals surface area contributed by atoms with Gasteiger partial charge in [0.15, 0.2) is 11.8 Å². The Morgan fingerprint density at radius 2 is 1.83 bits per heavy atom. The number of aromatic amines is 1. The van der Waals surface area contributed by atoms with Gasteiger partial charge in [0.2, 0.25) is 11.8 Å². The van der Waals surface area contributed by atoms with E-state index in [0.717, 1.165) is 61.9 Å². The van der Waals surface area contributed by atoms with E-state index in [1.54, 1.807) is 6.20 Å². The number of carbonyl (C=O) groups excluding carboxylic acids is 1. The van der Waals surface area contributed by atoms with Crippen molar-refractivity contribution in [3.63, 3.8) is 0 Å².